The molecular formula is C15H17NO3. The minimum atomic E-state index is -0.998. The van der Waals surface area contributed by atoms with Crippen LogP contribution in [0.25, 0.3) is 0 Å². The van der Waals surface area contributed by atoms with E-state index in [1.807, 2.05) is 0 Å². The van der Waals surface area contributed by atoms with Crippen LogP contribution < -0.4 is 5.32 Å². The second-order valence-corrected chi connectivity index (χ2v) is 5.72. The summed E-state index contributed by atoms with van der Waals surface area (Å²) >= 11 is 0. The predicted octanol–water partition coefficient (Wildman–Crippen LogP) is 2.68. The number of amides is 1. The zero-order valence-corrected chi connectivity index (χ0v) is 10.8. The third-order valence-corrected chi connectivity index (χ3v) is 4.36. The Morgan fingerprint density at radius 2 is 1.89 bits per heavy atom. The Balaban J connectivity index is 1.77. The number of hydrogen-bond acceptors (Lipinski definition) is 2. The highest BCUT2D eigenvalue weighted by Gasteiger charge is 2.48. The summed E-state index contributed by atoms with van der Waals surface area (Å²) in [7, 11) is 0. The van der Waals surface area contributed by atoms with Crippen LogP contribution in [0.2, 0.25) is 0 Å². The second-order valence-electron chi connectivity index (χ2n) is 5.72. The minimum Gasteiger partial charge on any atom is -0.478 e. The van der Waals surface area contributed by atoms with E-state index in [9.17, 15) is 14.7 Å². The van der Waals surface area contributed by atoms with Crippen molar-refractivity contribution in [2.45, 2.75) is 26.2 Å². The van der Waals surface area contributed by atoms with Gasteiger partial charge in [-0.1, -0.05) is 12.1 Å². The van der Waals surface area contributed by atoms with Crippen LogP contribution in [-0.4, -0.2) is 17.0 Å². The van der Waals surface area contributed by atoms with E-state index in [0.717, 1.165) is 24.7 Å². The molecule has 1 aromatic rings. The third-order valence-electron chi connectivity index (χ3n) is 4.36. The number of fused-ring (bicyclic) bond motifs is 1. The lowest BCUT2D eigenvalue weighted by atomic mass is 10.0. The highest BCUT2D eigenvalue weighted by Crippen LogP contribution is 2.54. The SMILES string of the molecule is Cc1cccc(NC(=O)C2CC3CC3C2)c1C(=O)O. The smallest absolute Gasteiger partial charge is 0.338 e. The van der Waals surface area contributed by atoms with E-state index in [-0.39, 0.29) is 17.4 Å². The number of anilines is 1. The molecule has 2 aliphatic rings. The highest BCUT2D eigenvalue weighted by atomic mass is 16.4. The number of benzene rings is 1. The molecule has 4 nitrogen and oxygen atoms in total. The number of hydrogen-bond donors (Lipinski definition) is 2. The van der Waals surface area contributed by atoms with Crippen molar-refractivity contribution in [3.63, 3.8) is 0 Å². The molecule has 1 amide bonds. The topological polar surface area (TPSA) is 66.4 Å². The molecule has 2 unspecified atom stereocenters. The number of aryl methyl sites for hydroxylation is 1. The van der Waals surface area contributed by atoms with Crippen molar-refractivity contribution in [3.8, 4) is 0 Å². The molecule has 0 heterocycles. The fraction of sp³-hybridized carbons (Fsp3) is 0.467. The van der Waals surface area contributed by atoms with Crippen molar-refractivity contribution >= 4 is 17.6 Å². The van der Waals surface area contributed by atoms with E-state index in [0.29, 0.717) is 11.3 Å². The second kappa shape index (κ2) is 4.37. The first kappa shape index (κ1) is 12.2. The molecule has 4 heteroatoms. The molecule has 0 aromatic heterocycles. The van der Waals surface area contributed by atoms with Crippen LogP contribution >= 0.6 is 0 Å². The van der Waals surface area contributed by atoms with Crippen LogP contribution in [0.1, 0.15) is 35.2 Å². The molecule has 2 atom stereocenters. The predicted molar refractivity (Wildman–Crippen MR) is 71.1 cm³/mol. The summed E-state index contributed by atoms with van der Waals surface area (Å²) < 4.78 is 0. The lowest BCUT2D eigenvalue weighted by Crippen LogP contribution is -2.23. The summed E-state index contributed by atoms with van der Waals surface area (Å²) in [6.07, 6.45) is 3.20. The van der Waals surface area contributed by atoms with Crippen LogP contribution in [0.3, 0.4) is 0 Å². The number of aromatic carboxylic acids is 1. The monoisotopic (exact) mass is 259 g/mol. The molecule has 0 saturated heterocycles. The minimum absolute atomic E-state index is 0.0275. The first-order valence-corrected chi connectivity index (χ1v) is 6.70. The molecule has 19 heavy (non-hydrogen) atoms. The number of carboxylic acid groups (broad SMARTS) is 1. The van der Waals surface area contributed by atoms with Crippen molar-refractivity contribution in [1.29, 1.82) is 0 Å². The van der Waals surface area contributed by atoms with Gasteiger partial charge in [0.05, 0.1) is 11.3 Å². The van der Waals surface area contributed by atoms with Gasteiger partial charge in [-0.25, -0.2) is 4.79 Å². The number of carboxylic acids is 1. The molecule has 2 aliphatic carbocycles. The lowest BCUT2D eigenvalue weighted by Gasteiger charge is -2.14. The van der Waals surface area contributed by atoms with Crippen LogP contribution in [0.4, 0.5) is 5.69 Å². The van der Waals surface area contributed by atoms with Gasteiger partial charge in [-0.2, -0.15) is 0 Å². The van der Waals surface area contributed by atoms with Crippen molar-refractivity contribution in [1.82, 2.24) is 0 Å². The maximum absolute atomic E-state index is 12.2. The fourth-order valence-electron chi connectivity index (χ4n) is 3.22. The first-order valence-electron chi connectivity index (χ1n) is 6.70. The summed E-state index contributed by atoms with van der Waals surface area (Å²) in [5, 5.41) is 12.0. The Bertz CT molecular complexity index is 542. The van der Waals surface area contributed by atoms with Gasteiger partial charge >= 0.3 is 5.97 Å². The Morgan fingerprint density at radius 3 is 2.53 bits per heavy atom. The van der Waals surface area contributed by atoms with E-state index in [4.69, 9.17) is 0 Å². The summed E-state index contributed by atoms with van der Waals surface area (Å²) in [5.74, 6) is 0.522. The fourth-order valence-corrected chi connectivity index (χ4v) is 3.22. The van der Waals surface area contributed by atoms with E-state index in [1.54, 1.807) is 25.1 Å². The van der Waals surface area contributed by atoms with Gasteiger partial charge in [0, 0.05) is 5.92 Å². The van der Waals surface area contributed by atoms with Crippen molar-refractivity contribution in [2.24, 2.45) is 17.8 Å². The van der Waals surface area contributed by atoms with Crippen LogP contribution in [0.15, 0.2) is 18.2 Å². The van der Waals surface area contributed by atoms with Gasteiger partial charge in [0.15, 0.2) is 0 Å². The molecule has 0 aliphatic heterocycles. The quantitative estimate of drug-likeness (QED) is 0.877. The van der Waals surface area contributed by atoms with Gasteiger partial charge in [-0.15, -0.1) is 0 Å². The molecule has 0 bridgehead atoms. The Labute approximate surface area is 111 Å². The Kier molecular flexibility index (Phi) is 2.81. The van der Waals surface area contributed by atoms with Gasteiger partial charge in [-0.3, -0.25) is 4.79 Å². The molecule has 0 spiro atoms. The number of carbonyl (C=O) groups is 2. The van der Waals surface area contributed by atoms with E-state index < -0.39 is 5.97 Å². The average Bonchev–Trinajstić information content (AvgIpc) is 2.95. The molecule has 100 valence electrons. The third kappa shape index (κ3) is 2.23. The molecule has 2 fully saturated rings. The van der Waals surface area contributed by atoms with Gasteiger partial charge in [0.25, 0.3) is 0 Å². The van der Waals surface area contributed by atoms with Gasteiger partial charge in [-0.05, 0) is 49.7 Å². The van der Waals surface area contributed by atoms with Crippen molar-refractivity contribution in [3.05, 3.63) is 29.3 Å². The standard InChI is InChI=1S/C15H17NO3/c1-8-3-2-4-12(13(8)15(18)19)16-14(17)11-6-9-5-10(9)7-11/h2-4,9-11H,5-7H2,1H3,(H,16,17)(H,18,19). The van der Waals surface area contributed by atoms with Gasteiger partial charge in [0.2, 0.25) is 5.91 Å². The van der Waals surface area contributed by atoms with E-state index in [1.165, 1.54) is 6.42 Å². The maximum Gasteiger partial charge on any atom is 0.338 e. The van der Waals surface area contributed by atoms with E-state index in [2.05, 4.69) is 5.32 Å². The Morgan fingerprint density at radius 1 is 1.21 bits per heavy atom. The highest BCUT2D eigenvalue weighted by molar-refractivity contribution is 6.02. The van der Waals surface area contributed by atoms with Crippen LogP contribution in [0.5, 0.6) is 0 Å². The zero-order chi connectivity index (χ0) is 13.6. The number of rotatable bonds is 3. The van der Waals surface area contributed by atoms with Gasteiger partial charge < -0.3 is 10.4 Å². The maximum atomic E-state index is 12.2. The molecule has 2 N–H and O–H groups in total. The average molecular weight is 259 g/mol. The van der Waals surface area contributed by atoms with E-state index >= 15 is 0 Å². The number of carbonyl (C=O) groups excluding carboxylic acids is 1. The summed E-state index contributed by atoms with van der Waals surface area (Å²) in [6.45, 7) is 1.74. The zero-order valence-electron chi connectivity index (χ0n) is 10.8. The largest absolute Gasteiger partial charge is 0.478 e. The summed E-state index contributed by atoms with van der Waals surface area (Å²) in [6, 6.07) is 5.16. The summed E-state index contributed by atoms with van der Waals surface area (Å²) in [4.78, 5) is 23.4. The van der Waals surface area contributed by atoms with Gasteiger partial charge in [0.1, 0.15) is 0 Å². The first-order chi connectivity index (χ1) is 9.06. The Hall–Kier alpha value is -1.84. The normalized spacial score (nSPS) is 27.7. The lowest BCUT2D eigenvalue weighted by molar-refractivity contribution is -0.120. The molecule has 3 rings (SSSR count). The van der Waals surface area contributed by atoms with Crippen LogP contribution in [0, 0.1) is 24.7 Å². The molecule has 1 aromatic carbocycles. The molecular weight excluding hydrogens is 242 g/mol. The van der Waals surface area contributed by atoms with Crippen LogP contribution in [-0.2, 0) is 4.79 Å². The summed E-state index contributed by atoms with van der Waals surface area (Å²) in [5.41, 5.74) is 1.27. The van der Waals surface area contributed by atoms with Crippen molar-refractivity contribution in [2.75, 3.05) is 5.32 Å². The number of nitrogens with one attached hydrogen (secondary N) is 1. The van der Waals surface area contributed by atoms with Crippen molar-refractivity contribution < 1.29 is 14.7 Å². The molecule has 0 radical (unpaired) electrons. The molecule has 2 saturated carbocycles.